The zero-order chi connectivity index (χ0) is 19.0. The summed E-state index contributed by atoms with van der Waals surface area (Å²) in [6, 6.07) is 0. The predicted octanol–water partition coefficient (Wildman–Crippen LogP) is -2.74. The van der Waals surface area contributed by atoms with Gasteiger partial charge in [-0.25, -0.2) is 20.8 Å². The van der Waals surface area contributed by atoms with Gasteiger partial charge in [0.2, 0.25) is 5.91 Å². The summed E-state index contributed by atoms with van der Waals surface area (Å²) in [5, 5.41) is 20.8. The van der Waals surface area contributed by atoms with Gasteiger partial charge in [-0.2, -0.15) is 0 Å². The minimum Gasteiger partial charge on any atom is -0.387 e. The van der Waals surface area contributed by atoms with Crippen molar-refractivity contribution in [1.82, 2.24) is 29.8 Å². The Labute approximate surface area is 148 Å². The molecule has 1 saturated heterocycles. The molecule has 0 aromatic carbocycles. The number of aromatic nitrogens is 4. The van der Waals surface area contributed by atoms with Crippen LogP contribution < -0.4 is 17.0 Å². The number of nitrogens with two attached hydrogens (primary N) is 2. The van der Waals surface area contributed by atoms with Crippen LogP contribution in [0, 0.1) is 6.92 Å². The van der Waals surface area contributed by atoms with Crippen LogP contribution in [0.1, 0.15) is 12.1 Å². The molecule has 7 N–H and O–H groups in total. The van der Waals surface area contributed by atoms with E-state index in [1.165, 1.54) is 6.33 Å². The lowest BCUT2D eigenvalue weighted by molar-refractivity contribution is -0.122. The third-order valence-corrected chi connectivity index (χ3v) is 4.34. The van der Waals surface area contributed by atoms with Crippen LogP contribution in [0.3, 0.4) is 0 Å². The van der Waals surface area contributed by atoms with Crippen LogP contribution >= 0.6 is 0 Å². The summed E-state index contributed by atoms with van der Waals surface area (Å²) in [6.45, 7) is 1.96. The predicted molar refractivity (Wildman–Crippen MR) is 90.2 cm³/mol. The van der Waals surface area contributed by atoms with E-state index in [4.69, 9.17) is 16.3 Å². The van der Waals surface area contributed by atoms with Crippen LogP contribution in [0.5, 0.6) is 0 Å². The number of nitrogen functional groups attached to an aromatic ring is 1. The lowest BCUT2D eigenvalue weighted by atomic mass is 10.1. The number of aliphatic hydroxyl groups excluding tert-OH is 2. The van der Waals surface area contributed by atoms with E-state index in [2.05, 4.69) is 15.0 Å². The van der Waals surface area contributed by atoms with E-state index in [-0.39, 0.29) is 24.8 Å². The minimum absolute atomic E-state index is 0.0284. The van der Waals surface area contributed by atoms with Gasteiger partial charge in [-0.3, -0.25) is 19.7 Å². The molecule has 12 heteroatoms. The average molecular weight is 366 g/mol. The highest BCUT2D eigenvalue weighted by molar-refractivity contribution is 5.81. The van der Waals surface area contributed by atoms with Gasteiger partial charge in [0.25, 0.3) is 0 Å². The summed E-state index contributed by atoms with van der Waals surface area (Å²) in [6.07, 6.45) is -2.68. The van der Waals surface area contributed by atoms with Crippen molar-refractivity contribution in [3.63, 3.8) is 0 Å². The number of carbonyl (C=O) groups is 1. The molecule has 0 spiro atoms. The number of nitrogens with one attached hydrogen (secondary N) is 1. The number of aliphatic hydroxyl groups is 2. The number of fused-ring (bicyclic) bond motifs is 1. The van der Waals surface area contributed by atoms with Gasteiger partial charge in [-0.1, -0.05) is 0 Å². The van der Waals surface area contributed by atoms with Crippen LogP contribution in [0.4, 0.5) is 5.82 Å². The fraction of sp³-hybridized carbons (Fsp3) is 0.571. The molecule has 2 aromatic heterocycles. The van der Waals surface area contributed by atoms with Crippen molar-refractivity contribution in [3.05, 3.63) is 12.2 Å². The third kappa shape index (κ3) is 3.20. The molecule has 1 amide bonds. The van der Waals surface area contributed by atoms with Crippen molar-refractivity contribution in [2.45, 2.75) is 31.5 Å². The van der Waals surface area contributed by atoms with Crippen molar-refractivity contribution >= 4 is 22.9 Å². The maximum absolute atomic E-state index is 11.3. The molecule has 1 fully saturated rings. The molecule has 0 bridgehead atoms. The smallest absolute Gasteiger partial charge is 0.248 e. The molecule has 12 nitrogen and oxygen atoms in total. The summed E-state index contributed by atoms with van der Waals surface area (Å²) in [7, 11) is 1.68. The fourth-order valence-electron chi connectivity index (χ4n) is 3.10. The number of likely N-dealkylation sites (N-methyl/N-ethyl adjacent to an activating group) is 1. The summed E-state index contributed by atoms with van der Waals surface area (Å²) in [5.41, 5.74) is 8.65. The number of amides is 1. The average Bonchev–Trinajstić information content (AvgIpc) is 3.06. The van der Waals surface area contributed by atoms with E-state index in [9.17, 15) is 15.0 Å². The molecule has 26 heavy (non-hydrogen) atoms. The van der Waals surface area contributed by atoms with Crippen LogP contribution in [0.2, 0.25) is 0 Å². The second-order valence-corrected chi connectivity index (χ2v) is 6.27. The van der Waals surface area contributed by atoms with Crippen LogP contribution in [-0.4, -0.2) is 79.0 Å². The Bertz CT molecular complexity index is 812. The summed E-state index contributed by atoms with van der Waals surface area (Å²) in [5.74, 6) is 5.42. The van der Waals surface area contributed by atoms with Gasteiger partial charge < -0.3 is 20.7 Å². The topological polar surface area (TPSA) is 178 Å². The van der Waals surface area contributed by atoms with Crippen molar-refractivity contribution in [2.75, 3.05) is 25.9 Å². The number of anilines is 1. The van der Waals surface area contributed by atoms with Gasteiger partial charge in [0.1, 0.15) is 30.5 Å². The molecule has 2 aromatic rings. The van der Waals surface area contributed by atoms with Gasteiger partial charge in [0, 0.05) is 6.54 Å². The number of carbonyl (C=O) groups excluding carboxylic acids is 1. The van der Waals surface area contributed by atoms with Gasteiger partial charge in [-0.05, 0) is 14.0 Å². The maximum Gasteiger partial charge on any atom is 0.248 e. The Morgan fingerprint density at radius 1 is 1.42 bits per heavy atom. The highest BCUT2D eigenvalue weighted by Gasteiger charge is 2.45. The Hall–Kier alpha value is -2.38. The molecule has 142 valence electrons. The third-order valence-electron chi connectivity index (χ3n) is 4.34. The summed E-state index contributed by atoms with van der Waals surface area (Å²) >= 11 is 0. The van der Waals surface area contributed by atoms with E-state index in [0.717, 1.165) is 0 Å². The molecule has 0 saturated carbocycles. The van der Waals surface area contributed by atoms with Gasteiger partial charge in [0.05, 0.1) is 6.54 Å². The second-order valence-electron chi connectivity index (χ2n) is 6.27. The quantitative estimate of drug-likeness (QED) is 0.212. The van der Waals surface area contributed by atoms with E-state index in [0.29, 0.717) is 17.0 Å². The Balaban J connectivity index is 1.83. The number of rotatable bonds is 5. The molecule has 0 radical (unpaired) electrons. The maximum atomic E-state index is 11.3. The Kier molecular flexibility index (Phi) is 5.02. The molecule has 1 aliphatic heterocycles. The van der Waals surface area contributed by atoms with E-state index in [1.54, 1.807) is 23.4 Å². The van der Waals surface area contributed by atoms with E-state index >= 15 is 0 Å². The molecule has 4 atom stereocenters. The Morgan fingerprint density at radius 2 is 2.15 bits per heavy atom. The number of aryl methyl sites for hydroxylation is 1. The normalized spacial score (nSPS) is 25.9. The molecule has 1 aliphatic rings. The van der Waals surface area contributed by atoms with Crippen LogP contribution in [-0.2, 0) is 9.53 Å². The standard InChI is InChI=1S/C14H22N8O4/c1-6-19-9-12(15)17-5-18-13(9)22(6)14-11(25)10(24)7(26-14)3-21(2)4-8(23)20-16/h5,7,10-11,14,24-25H,3-4,16H2,1-2H3,(H,20,23)(H2,15,17,18)/t7-,10?,11?,14-/m1/s1. The first kappa shape index (κ1) is 18.4. The molecular weight excluding hydrogens is 344 g/mol. The van der Waals surface area contributed by atoms with E-state index < -0.39 is 24.5 Å². The minimum atomic E-state index is -1.20. The van der Waals surface area contributed by atoms with Gasteiger partial charge >= 0.3 is 0 Å². The first-order chi connectivity index (χ1) is 12.3. The molecule has 2 unspecified atom stereocenters. The zero-order valence-corrected chi connectivity index (χ0v) is 14.4. The lowest BCUT2D eigenvalue weighted by Crippen LogP contribution is -2.44. The number of hydrogen-bond donors (Lipinski definition) is 5. The van der Waals surface area contributed by atoms with Crippen LogP contribution in [0.15, 0.2) is 6.33 Å². The summed E-state index contributed by atoms with van der Waals surface area (Å²) in [4.78, 5) is 25.4. The second kappa shape index (κ2) is 7.09. The number of hydrazine groups is 1. The number of ether oxygens (including phenoxy) is 1. The highest BCUT2D eigenvalue weighted by Crippen LogP contribution is 2.33. The molecule has 3 rings (SSSR count). The largest absolute Gasteiger partial charge is 0.387 e. The molecule has 3 heterocycles. The lowest BCUT2D eigenvalue weighted by Gasteiger charge is -2.22. The van der Waals surface area contributed by atoms with E-state index in [1.807, 2.05) is 5.43 Å². The first-order valence-corrected chi connectivity index (χ1v) is 7.98. The van der Waals surface area contributed by atoms with Gasteiger partial charge in [0.15, 0.2) is 23.2 Å². The number of imidazole rings is 1. The SMILES string of the molecule is Cc1nc2c(N)ncnc2n1[C@@H]1O[C@H](CN(C)CC(=O)NN)C(O)C1O. The van der Waals surface area contributed by atoms with Crippen molar-refractivity contribution in [1.29, 1.82) is 0 Å². The zero-order valence-electron chi connectivity index (χ0n) is 14.4. The number of nitrogens with zero attached hydrogens (tertiary/aromatic N) is 5. The summed E-state index contributed by atoms with van der Waals surface area (Å²) < 4.78 is 7.44. The fourth-order valence-corrected chi connectivity index (χ4v) is 3.10. The highest BCUT2D eigenvalue weighted by atomic mass is 16.6. The van der Waals surface area contributed by atoms with Crippen molar-refractivity contribution < 1.29 is 19.7 Å². The number of hydrogen-bond acceptors (Lipinski definition) is 10. The first-order valence-electron chi connectivity index (χ1n) is 7.98. The van der Waals surface area contributed by atoms with Crippen molar-refractivity contribution in [3.8, 4) is 0 Å². The van der Waals surface area contributed by atoms with Gasteiger partial charge in [-0.15, -0.1) is 0 Å². The molecular formula is C14H22N8O4. The van der Waals surface area contributed by atoms with Crippen LogP contribution in [0.25, 0.3) is 11.2 Å². The monoisotopic (exact) mass is 366 g/mol. The Morgan fingerprint density at radius 3 is 2.85 bits per heavy atom. The van der Waals surface area contributed by atoms with Crippen molar-refractivity contribution in [2.24, 2.45) is 5.84 Å². The molecule has 0 aliphatic carbocycles.